The summed E-state index contributed by atoms with van der Waals surface area (Å²) in [6, 6.07) is 4.06. The Labute approximate surface area is 86.1 Å². The second kappa shape index (κ2) is 6.33. The van der Waals surface area contributed by atoms with Crippen molar-refractivity contribution >= 4 is 5.57 Å². The summed E-state index contributed by atoms with van der Waals surface area (Å²) in [6.45, 7) is 6.34. The summed E-state index contributed by atoms with van der Waals surface area (Å²) in [5.41, 5.74) is 2.51. The zero-order valence-corrected chi connectivity index (χ0v) is 8.96. The van der Waals surface area contributed by atoms with Crippen molar-refractivity contribution in [2.75, 3.05) is 13.1 Å². The van der Waals surface area contributed by atoms with Crippen LogP contribution in [0.2, 0.25) is 0 Å². The molecule has 0 fully saturated rings. The second-order valence-electron chi connectivity index (χ2n) is 3.27. The van der Waals surface area contributed by atoms with E-state index in [0.29, 0.717) is 0 Å². The number of rotatable bonds is 5. The summed E-state index contributed by atoms with van der Waals surface area (Å²) < 4.78 is 0. The molecule has 1 N–H and O–H groups in total. The van der Waals surface area contributed by atoms with E-state index in [-0.39, 0.29) is 0 Å². The van der Waals surface area contributed by atoms with Crippen LogP contribution in [0.1, 0.15) is 25.8 Å². The Balaban J connectivity index is 2.44. The summed E-state index contributed by atoms with van der Waals surface area (Å²) in [4.78, 5) is 4.09. The first kappa shape index (κ1) is 10.9. The Bertz CT molecular complexity index is 278. The van der Waals surface area contributed by atoms with Crippen molar-refractivity contribution in [3.8, 4) is 0 Å². The summed E-state index contributed by atoms with van der Waals surface area (Å²) in [5, 5.41) is 3.29. The number of pyridine rings is 1. The van der Waals surface area contributed by atoms with Gasteiger partial charge < -0.3 is 5.32 Å². The van der Waals surface area contributed by atoms with Gasteiger partial charge in [0, 0.05) is 12.4 Å². The minimum absolute atomic E-state index is 1.04. The van der Waals surface area contributed by atoms with E-state index in [2.05, 4.69) is 36.3 Å². The lowest BCUT2D eigenvalue weighted by atomic mass is 10.1. The molecule has 0 amide bonds. The zero-order chi connectivity index (χ0) is 10.2. The molecule has 0 saturated carbocycles. The molecule has 0 atom stereocenters. The number of nitrogens with zero attached hydrogens (tertiary/aromatic N) is 1. The third-order valence-electron chi connectivity index (χ3n) is 2.14. The van der Waals surface area contributed by atoms with Crippen molar-refractivity contribution < 1.29 is 0 Å². The van der Waals surface area contributed by atoms with Crippen LogP contribution in [-0.2, 0) is 0 Å². The molecule has 1 aromatic heterocycles. The standard InChI is InChI=1S/C12H18N2/c1-3-13-8-4-6-11(2)12-7-5-9-14-10-12/h5-7,9-10,13H,3-4,8H2,1-2H3. The first-order valence-corrected chi connectivity index (χ1v) is 5.12. The van der Waals surface area contributed by atoms with Crippen LogP contribution in [0, 0.1) is 0 Å². The number of aromatic nitrogens is 1. The largest absolute Gasteiger partial charge is 0.317 e. The Morgan fingerprint density at radius 1 is 1.57 bits per heavy atom. The van der Waals surface area contributed by atoms with E-state index in [4.69, 9.17) is 0 Å². The van der Waals surface area contributed by atoms with Gasteiger partial charge in [-0.25, -0.2) is 0 Å². The van der Waals surface area contributed by atoms with Crippen molar-refractivity contribution in [3.63, 3.8) is 0 Å². The van der Waals surface area contributed by atoms with Gasteiger partial charge in [-0.1, -0.05) is 19.1 Å². The number of hydrogen-bond donors (Lipinski definition) is 1. The highest BCUT2D eigenvalue weighted by atomic mass is 14.8. The maximum atomic E-state index is 4.09. The quantitative estimate of drug-likeness (QED) is 0.721. The van der Waals surface area contributed by atoms with E-state index in [9.17, 15) is 0 Å². The SMILES string of the molecule is CCNCCC=C(C)c1cccnc1. The number of hydrogen-bond acceptors (Lipinski definition) is 2. The highest BCUT2D eigenvalue weighted by molar-refractivity contribution is 5.62. The first-order valence-electron chi connectivity index (χ1n) is 5.12. The van der Waals surface area contributed by atoms with Gasteiger partial charge in [-0.15, -0.1) is 0 Å². The topological polar surface area (TPSA) is 24.9 Å². The molecule has 1 heterocycles. The predicted octanol–water partition coefficient (Wildman–Crippen LogP) is 2.48. The Hall–Kier alpha value is -1.15. The summed E-state index contributed by atoms with van der Waals surface area (Å²) in [6.07, 6.45) is 7.03. The van der Waals surface area contributed by atoms with Gasteiger partial charge in [0.05, 0.1) is 0 Å². The lowest BCUT2D eigenvalue weighted by Gasteiger charge is -2.01. The maximum Gasteiger partial charge on any atom is 0.0342 e. The minimum atomic E-state index is 1.04. The first-order chi connectivity index (χ1) is 6.84. The van der Waals surface area contributed by atoms with Gasteiger partial charge in [0.2, 0.25) is 0 Å². The molecule has 0 aliphatic carbocycles. The van der Waals surface area contributed by atoms with Gasteiger partial charge in [-0.3, -0.25) is 4.98 Å². The Morgan fingerprint density at radius 3 is 3.07 bits per heavy atom. The van der Waals surface area contributed by atoms with Crippen LogP contribution >= 0.6 is 0 Å². The lowest BCUT2D eigenvalue weighted by molar-refractivity contribution is 0.727. The second-order valence-corrected chi connectivity index (χ2v) is 3.27. The van der Waals surface area contributed by atoms with Crippen LogP contribution in [0.25, 0.3) is 5.57 Å². The zero-order valence-electron chi connectivity index (χ0n) is 8.96. The van der Waals surface area contributed by atoms with Gasteiger partial charge in [-0.05, 0) is 43.6 Å². The average Bonchev–Trinajstić information content (AvgIpc) is 2.25. The highest BCUT2D eigenvalue weighted by Gasteiger charge is 1.92. The van der Waals surface area contributed by atoms with Gasteiger partial charge in [0.25, 0.3) is 0 Å². The van der Waals surface area contributed by atoms with Gasteiger partial charge in [-0.2, -0.15) is 0 Å². The molecule has 0 saturated heterocycles. The van der Waals surface area contributed by atoms with Crippen molar-refractivity contribution in [3.05, 3.63) is 36.2 Å². The molecule has 1 rings (SSSR count). The molecule has 2 nitrogen and oxygen atoms in total. The van der Waals surface area contributed by atoms with E-state index in [1.807, 2.05) is 12.3 Å². The fourth-order valence-corrected chi connectivity index (χ4v) is 1.28. The van der Waals surface area contributed by atoms with E-state index in [1.54, 1.807) is 6.20 Å². The van der Waals surface area contributed by atoms with Crippen molar-refractivity contribution in [2.24, 2.45) is 0 Å². The molecule has 0 aliphatic heterocycles. The van der Waals surface area contributed by atoms with E-state index >= 15 is 0 Å². The van der Waals surface area contributed by atoms with Crippen LogP contribution in [0.3, 0.4) is 0 Å². The molecular weight excluding hydrogens is 172 g/mol. The third kappa shape index (κ3) is 3.71. The molecule has 0 unspecified atom stereocenters. The monoisotopic (exact) mass is 190 g/mol. The van der Waals surface area contributed by atoms with Gasteiger partial charge >= 0.3 is 0 Å². The average molecular weight is 190 g/mol. The molecule has 0 spiro atoms. The highest BCUT2D eigenvalue weighted by Crippen LogP contribution is 2.11. The van der Waals surface area contributed by atoms with Crippen LogP contribution in [0.5, 0.6) is 0 Å². The number of nitrogens with one attached hydrogen (secondary N) is 1. The van der Waals surface area contributed by atoms with Gasteiger partial charge in [0.1, 0.15) is 0 Å². The fourth-order valence-electron chi connectivity index (χ4n) is 1.28. The lowest BCUT2D eigenvalue weighted by Crippen LogP contribution is -2.13. The number of allylic oxidation sites excluding steroid dienone is 1. The van der Waals surface area contributed by atoms with Crippen molar-refractivity contribution in [2.45, 2.75) is 20.3 Å². The molecule has 0 radical (unpaired) electrons. The molecule has 14 heavy (non-hydrogen) atoms. The molecule has 1 aromatic rings. The maximum absolute atomic E-state index is 4.09. The van der Waals surface area contributed by atoms with Crippen LogP contribution < -0.4 is 5.32 Å². The van der Waals surface area contributed by atoms with Crippen molar-refractivity contribution in [1.29, 1.82) is 0 Å². The van der Waals surface area contributed by atoms with Crippen LogP contribution in [0.4, 0.5) is 0 Å². The van der Waals surface area contributed by atoms with Crippen LogP contribution in [0.15, 0.2) is 30.6 Å². The van der Waals surface area contributed by atoms with Crippen molar-refractivity contribution in [1.82, 2.24) is 10.3 Å². The van der Waals surface area contributed by atoms with Crippen LogP contribution in [-0.4, -0.2) is 18.1 Å². The van der Waals surface area contributed by atoms with Gasteiger partial charge in [0.15, 0.2) is 0 Å². The normalized spacial score (nSPS) is 11.7. The Morgan fingerprint density at radius 2 is 2.43 bits per heavy atom. The molecule has 0 aromatic carbocycles. The smallest absolute Gasteiger partial charge is 0.0342 e. The fraction of sp³-hybridized carbons (Fsp3) is 0.417. The summed E-state index contributed by atoms with van der Waals surface area (Å²) in [7, 11) is 0. The van der Waals surface area contributed by atoms with E-state index in [0.717, 1.165) is 19.5 Å². The molecule has 0 aliphatic rings. The predicted molar refractivity (Wildman–Crippen MR) is 61.0 cm³/mol. The minimum Gasteiger partial charge on any atom is -0.317 e. The van der Waals surface area contributed by atoms with E-state index < -0.39 is 0 Å². The molecular formula is C12H18N2. The molecule has 0 bridgehead atoms. The van der Waals surface area contributed by atoms with E-state index in [1.165, 1.54) is 11.1 Å². The summed E-state index contributed by atoms with van der Waals surface area (Å²) >= 11 is 0. The third-order valence-corrected chi connectivity index (χ3v) is 2.14. The Kier molecular flexibility index (Phi) is 4.94. The summed E-state index contributed by atoms with van der Waals surface area (Å²) in [5.74, 6) is 0. The molecule has 2 heteroatoms. The molecule has 76 valence electrons.